The fraction of sp³-hybridized carbons (Fsp3) is 0.455. The minimum Gasteiger partial charge on any atom is -0.323 e. The summed E-state index contributed by atoms with van der Waals surface area (Å²) >= 11 is 5.76. The summed E-state index contributed by atoms with van der Waals surface area (Å²) in [5.74, 6) is 0. The Labute approximate surface area is 102 Å². The fourth-order valence-corrected chi connectivity index (χ4v) is 2.03. The summed E-state index contributed by atoms with van der Waals surface area (Å²) in [5.41, 5.74) is 6.75. The van der Waals surface area contributed by atoms with Crippen LogP contribution in [-0.4, -0.2) is 19.4 Å². The summed E-state index contributed by atoms with van der Waals surface area (Å²) in [4.78, 5) is 0. The first-order valence-electron chi connectivity index (χ1n) is 4.87. The van der Waals surface area contributed by atoms with E-state index in [1.807, 2.05) is 0 Å². The largest absolute Gasteiger partial charge is 0.323 e. The van der Waals surface area contributed by atoms with Crippen molar-refractivity contribution in [2.75, 3.05) is 6.26 Å². The van der Waals surface area contributed by atoms with Gasteiger partial charge in [-0.1, -0.05) is 23.7 Å². The van der Waals surface area contributed by atoms with Crippen LogP contribution in [0, 0.1) is 0 Å². The highest BCUT2D eigenvalue weighted by atomic mass is 35.5. The molecule has 0 fully saturated rings. The second-order valence-electron chi connectivity index (χ2n) is 4.40. The Morgan fingerprint density at radius 1 is 1.25 bits per heavy atom. The van der Waals surface area contributed by atoms with E-state index in [1.165, 1.54) is 6.26 Å². The molecule has 1 atom stereocenters. The van der Waals surface area contributed by atoms with Crippen molar-refractivity contribution in [2.45, 2.75) is 24.6 Å². The highest BCUT2D eigenvalue weighted by Gasteiger charge is 2.37. The first-order valence-corrected chi connectivity index (χ1v) is 7.14. The summed E-state index contributed by atoms with van der Waals surface area (Å²) in [6, 6.07) is 6.34. The van der Waals surface area contributed by atoms with E-state index >= 15 is 0 Å². The summed E-state index contributed by atoms with van der Waals surface area (Å²) in [5, 5.41) is 0.605. The molecule has 1 rings (SSSR count). The Hall–Kier alpha value is -0.580. The number of halogens is 1. The number of rotatable bonds is 3. The third-order valence-electron chi connectivity index (χ3n) is 2.93. The average molecular weight is 262 g/mol. The third-order valence-corrected chi connectivity index (χ3v) is 5.35. The van der Waals surface area contributed by atoms with Gasteiger partial charge in [-0.05, 0) is 31.5 Å². The smallest absolute Gasteiger partial charge is 0.154 e. The standard InChI is InChI=1S/C11H16ClNO2S/c1-11(2,16(3,14)15)10(13)8-4-6-9(12)7-5-8/h4-7,10H,13H2,1-3H3. The maximum absolute atomic E-state index is 11.6. The molecule has 0 bridgehead atoms. The normalized spacial score (nSPS) is 14.8. The molecule has 0 amide bonds. The van der Waals surface area contributed by atoms with Crippen LogP contribution in [0.2, 0.25) is 5.02 Å². The Kier molecular flexibility index (Phi) is 3.67. The fourth-order valence-electron chi connectivity index (χ4n) is 1.30. The van der Waals surface area contributed by atoms with Crippen LogP contribution in [0.5, 0.6) is 0 Å². The van der Waals surface area contributed by atoms with Crippen LogP contribution in [0.3, 0.4) is 0 Å². The molecule has 0 saturated heterocycles. The summed E-state index contributed by atoms with van der Waals surface area (Å²) in [6.45, 7) is 3.25. The summed E-state index contributed by atoms with van der Waals surface area (Å²) in [6.07, 6.45) is 1.20. The molecule has 90 valence electrons. The van der Waals surface area contributed by atoms with Gasteiger partial charge in [-0.3, -0.25) is 0 Å². The second kappa shape index (κ2) is 4.35. The van der Waals surface area contributed by atoms with Crippen molar-refractivity contribution in [2.24, 2.45) is 5.73 Å². The van der Waals surface area contributed by atoms with Gasteiger partial charge in [-0.15, -0.1) is 0 Å². The molecule has 0 aromatic heterocycles. The predicted octanol–water partition coefficient (Wildman–Crippen LogP) is 2.16. The topological polar surface area (TPSA) is 60.2 Å². The van der Waals surface area contributed by atoms with Crippen LogP contribution in [0.15, 0.2) is 24.3 Å². The number of hydrogen-bond acceptors (Lipinski definition) is 3. The molecule has 0 saturated carbocycles. The van der Waals surface area contributed by atoms with Gasteiger partial charge in [0.15, 0.2) is 9.84 Å². The molecule has 0 heterocycles. The van der Waals surface area contributed by atoms with Gasteiger partial charge in [0.05, 0.1) is 4.75 Å². The van der Waals surface area contributed by atoms with Crippen LogP contribution in [0.4, 0.5) is 0 Å². The molecular weight excluding hydrogens is 246 g/mol. The summed E-state index contributed by atoms with van der Waals surface area (Å²) in [7, 11) is -3.22. The molecule has 0 aliphatic heterocycles. The van der Waals surface area contributed by atoms with Gasteiger partial charge >= 0.3 is 0 Å². The van der Waals surface area contributed by atoms with Crippen molar-refractivity contribution in [3.63, 3.8) is 0 Å². The van der Waals surface area contributed by atoms with Crippen LogP contribution in [0.25, 0.3) is 0 Å². The minimum absolute atomic E-state index is 0.570. The van der Waals surface area contributed by atoms with Gasteiger partial charge < -0.3 is 5.73 Å². The van der Waals surface area contributed by atoms with E-state index in [1.54, 1.807) is 38.1 Å². The van der Waals surface area contributed by atoms with Crippen LogP contribution >= 0.6 is 11.6 Å². The number of hydrogen-bond donors (Lipinski definition) is 1. The zero-order valence-corrected chi connectivity index (χ0v) is 11.1. The van der Waals surface area contributed by atoms with Crippen molar-refractivity contribution in [3.8, 4) is 0 Å². The van der Waals surface area contributed by atoms with Crippen molar-refractivity contribution in [1.29, 1.82) is 0 Å². The van der Waals surface area contributed by atoms with Crippen molar-refractivity contribution in [3.05, 3.63) is 34.9 Å². The quantitative estimate of drug-likeness (QED) is 0.907. The van der Waals surface area contributed by atoms with E-state index < -0.39 is 20.6 Å². The maximum Gasteiger partial charge on any atom is 0.154 e. The van der Waals surface area contributed by atoms with Crippen LogP contribution in [0.1, 0.15) is 25.5 Å². The lowest BCUT2D eigenvalue weighted by molar-refractivity contribution is 0.496. The molecule has 0 spiro atoms. The highest BCUT2D eigenvalue weighted by molar-refractivity contribution is 7.92. The van der Waals surface area contributed by atoms with Gasteiger partial charge in [-0.25, -0.2) is 8.42 Å². The molecule has 0 radical (unpaired) electrons. The van der Waals surface area contributed by atoms with Crippen molar-refractivity contribution < 1.29 is 8.42 Å². The molecular formula is C11H16ClNO2S. The zero-order chi connectivity index (χ0) is 12.6. The Bertz CT molecular complexity index is 465. The number of sulfone groups is 1. The zero-order valence-electron chi connectivity index (χ0n) is 9.57. The molecule has 1 aromatic carbocycles. The maximum atomic E-state index is 11.6. The van der Waals surface area contributed by atoms with Crippen molar-refractivity contribution >= 4 is 21.4 Å². The predicted molar refractivity (Wildman–Crippen MR) is 67.3 cm³/mol. The van der Waals surface area contributed by atoms with E-state index in [2.05, 4.69) is 0 Å². The van der Waals surface area contributed by atoms with Gasteiger partial charge in [0.2, 0.25) is 0 Å². The molecule has 5 heteroatoms. The van der Waals surface area contributed by atoms with E-state index in [-0.39, 0.29) is 0 Å². The lowest BCUT2D eigenvalue weighted by atomic mass is 9.96. The Morgan fingerprint density at radius 2 is 1.69 bits per heavy atom. The van der Waals surface area contributed by atoms with E-state index in [0.717, 1.165) is 5.56 Å². The first kappa shape index (κ1) is 13.5. The molecule has 2 N–H and O–H groups in total. The van der Waals surface area contributed by atoms with Crippen molar-refractivity contribution in [1.82, 2.24) is 0 Å². The Balaban J connectivity index is 3.12. The monoisotopic (exact) mass is 261 g/mol. The first-order chi connectivity index (χ1) is 7.16. The van der Waals surface area contributed by atoms with Gasteiger partial charge in [-0.2, -0.15) is 0 Å². The SMILES string of the molecule is CC(C)(C(N)c1ccc(Cl)cc1)S(C)(=O)=O. The molecule has 3 nitrogen and oxygen atoms in total. The van der Waals surface area contributed by atoms with Gasteiger partial charge in [0, 0.05) is 17.3 Å². The molecule has 1 aromatic rings. The number of nitrogens with two attached hydrogens (primary N) is 1. The lowest BCUT2D eigenvalue weighted by Gasteiger charge is -2.29. The third kappa shape index (κ3) is 2.56. The van der Waals surface area contributed by atoms with Crippen LogP contribution < -0.4 is 5.73 Å². The number of benzene rings is 1. The molecule has 1 unspecified atom stereocenters. The minimum atomic E-state index is -3.22. The summed E-state index contributed by atoms with van der Waals surface area (Å²) < 4.78 is 22.3. The lowest BCUT2D eigenvalue weighted by Crippen LogP contribution is -2.42. The molecule has 0 aliphatic rings. The molecule has 0 aliphatic carbocycles. The van der Waals surface area contributed by atoms with Gasteiger partial charge in [0.25, 0.3) is 0 Å². The van der Waals surface area contributed by atoms with Gasteiger partial charge in [0.1, 0.15) is 0 Å². The second-order valence-corrected chi connectivity index (χ2v) is 7.44. The molecule has 16 heavy (non-hydrogen) atoms. The van der Waals surface area contributed by atoms with Crippen LogP contribution in [-0.2, 0) is 9.84 Å². The average Bonchev–Trinajstić information content (AvgIpc) is 2.16. The van der Waals surface area contributed by atoms with E-state index in [0.29, 0.717) is 5.02 Å². The Morgan fingerprint density at radius 3 is 2.06 bits per heavy atom. The van der Waals surface area contributed by atoms with E-state index in [4.69, 9.17) is 17.3 Å². The van der Waals surface area contributed by atoms with E-state index in [9.17, 15) is 8.42 Å². The highest BCUT2D eigenvalue weighted by Crippen LogP contribution is 2.30.